The third kappa shape index (κ3) is 4.87. The molecule has 1 aromatic carbocycles. The summed E-state index contributed by atoms with van der Waals surface area (Å²) in [7, 11) is 0. The van der Waals surface area contributed by atoms with Crippen molar-refractivity contribution in [1.82, 2.24) is 34.9 Å². The van der Waals surface area contributed by atoms with E-state index in [1.807, 2.05) is 19.9 Å². The lowest BCUT2D eigenvalue weighted by molar-refractivity contribution is -0.119. The molecule has 0 spiro atoms. The molecule has 1 aliphatic heterocycles. The Kier molecular flexibility index (Phi) is 6.55. The Morgan fingerprint density at radius 3 is 2.58 bits per heavy atom. The van der Waals surface area contributed by atoms with Gasteiger partial charge in [0.15, 0.2) is 11.6 Å². The molecule has 4 heterocycles. The van der Waals surface area contributed by atoms with Crippen LogP contribution in [0.2, 0.25) is 0 Å². The highest BCUT2D eigenvalue weighted by Gasteiger charge is 2.18. The average Bonchev–Trinajstić information content (AvgIpc) is 3.32. The number of nitrogens with zero attached hydrogens (tertiary/aromatic N) is 6. The Morgan fingerprint density at radius 2 is 1.89 bits per heavy atom. The minimum atomic E-state index is -0.660. The molecule has 3 aromatic heterocycles. The van der Waals surface area contributed by atoms with Gasteiger partial charge >= 0.3 is 0 Å². The molecule has 9 nitrogen and oxygen atoms in total. The molecule has 5 rings (SSSR count). The first-order valence-electron chi connectivity index (χ1n) is 11.8. The topological polar surface area (TPSA) is 103 Å². The summed E-state index contributed by atoms with van der Waals surface area (Å²) in [6.45, 7) is 7.74. The molecule has 0 bridgehead atoms. The maximum Gasteiger partial charge on any atom is 0.229 e. The quantitative estimate of drug-likeness (QED) is 0.378. The van der Waals surface area contributed by atoms with Crippen LogP contribution in [0.3, 0.4) is 0 Å². The number of hydrogen-bond donors (Lipinski definition) is 2. The normalized spacial score (nSPS) is 14.5. The van der Waals surface area contributed by atoms with E-state index >= 15 is 0 Å². The van der Waals surface area contributed by atoms with Crippen molar-refractivity contribution >= 4 is 29.1 Å². The van der Waals surface area contributed by atoms with E-state index in [1.165, 1.54) is 6.07 Å². The highest BCUT2D eigenvalue weighted by Crippen LogP contribution is 2.31. The third-order valence-electron chi connectivity index (χ3n) is 6.26. The fourth-order valence-electron chi connectivity index (χ4n) is 4.29. The number of nitrogens with one attached hydrogen (secondary N) is 2. The second kappa shape index (κ2) is 9.94. The molecule has 0 saturated carbocycles. The minimum Gasteiger partial charge on any atom is -0.343 e. The lowest BCUT2D eigenvalue weighted by atomic mass is 10.0. The monoisotopic (exact) mass is 492 g/mol. The van der Waals surface area contributed by atoms with Crippen molar-refractivity contribution in [2.24, 2.45) is 0 Å². The smallest absolute Gasteiger partial charge is 0.229 e. The van der Waals surface area contributed by atoms with Crippen molar-refractivity contribution < 1.29 is 13.6 Å². The highest BCUT2D eigenvalue weighted by molar-refractivity contribution is 5.87. The van der Waals surface area contributed by atoms with Crippen LogP contribution in [-0.2, 0) is 11.3 Å². The van der Waals surface area contributed by atoms with E-state index in [1.54, 1.807) is 23.2 Å². The Labute approximate surface area is 206 Å². The molecular weight excluding hydrogens is 466 g/mol. The van der Waals surface area contributed by atoms with E-state index in [4.69, 9.17) is 0 Å². The number of aromatic nitrogens is 5. The van der Waals surface area contributed by atoms with Crippen LogP contribution in [0.15, 0.2) is 36.7 Å². The lowest BCUT2D eigenvalue weighted by Gasteiger charge is -2.32. The van der Waals surface area contributed by atoms with Crippen LogP contribution in [0.25, 0.3) is 22.2 Å². The first-order valence-corrected chi connectivity index (χ1v) is 11.8. The molecule has 0 unspecified atom stereocenters. The van der Waals surface area contributed by atoms with Gasteiger partial charge in [0.1, 0.15) is 17.0 Å². The maximum atomic E-state index is 14.7. The fraction of sp³-hybridized carbons (Fsp3) is 0.320. The second-order valence-electron chi connectivity index (χ2n) is 9.13. The predicted molar refractivity (Wildman–Crippen MR) is 132 cm³/mol. The lowest BCUT2D eigenvalue weighted by Crippen LogP contribution is -2.45. The van der Waals surface area contributed by atoms with Gasteiger partial charge in [-0.1, -0.05) is 19.9 Å². The number of carbonyl (C=O) groups is 1. The van der Waals surface area contributed by atoms with Crippen LogP contribution in [0.5, 0.6) is 0 Å². The first-order chi connectivity index (χ1) is 17.4. The molecule has 1 amide bonds. The van der Waals surface area contributed by atoms with E-state index in [-0.39, 0.29) is 23.1 Å². The van der Waals surface area contributed by atoms with Gasteiger partial charge in [-0.15, -0.1) is 0 Å². The Hall–Kier alpha value is -3.99. The van der Waals surface area contributed by atoms with Crippen LogP contribution in [-0.4, -0.2) is 67.5 Å². The number of H-pyrrole nitrogens is 1. The average molecular weight is 493 g/mol. The Morgan fingerprint density at radius 1 is 1.08 bits per heavy atom. The second-order valence-corrected chi connectivity index (χ2v) is 9.13. The van der Waals surface area contributed by atoms with Gasteiger partial charge in [-0.25, -0.2) is 23.7 Å². The number of pyridine rings is 1. The van der Waals surface area contributed by atoms with Gasteiger partial charge in [0.2, 0.25) is 12.4 Å². The van der Waals surface area contributed by atoms with Gasteiger partial charge in [-0.05, 0) is 29.7 Å². The van der Waals surface area contributed by atoms with Gasteiger partial charge in [0, 0.05) is 55.6 Å². The van der Waals surface area contributed by atoms with Crippen molar-refractivity contribution in [3.8, 4) is 11.3 Å². The third-order valence-corrected chi connectivity index (χ3v) is 6.26. The van der Waals surface area contributed by atoms with Gasteiger partial charge in [-0.2, -0.15) is 5.10 Å². The van der Waals surface area contributed by atoms with Crippen LogP contribution in [0.1, 0.15) is 31.0 Å². The number of hydrogen-bond acceptors (Lipinski definition) is 7. The molecule has 186 valence electrons. The zero-order valence-electron chi connectivity index (χ0n) is 20.0. The molecule has 0 radical (unpaired) electrons. The molecule has 0 aliphatic carbocycles. The molecule has 2 N–H and O–H groups in total. The number of aromatic amines is 1. The van der Waals surface area contributed by atoms with Gasteiger partial charge in [-0.3, -0.25) is 14.8 Å². The predicted octanol–water partition coefficient (Wildman–Crippen LogP) is 3.83. The van der Waals surface area contributed by atoms with Gasteiger partial charge < -0.3 is 10.2 Å². The number of halogens is 2. The SMILES string of the molecule is CC(C)c1[nH]nc2c(F)cc(-c3nc(Nc4ccc(CN5CCN(C=O)CC5)cn4)ncc3F)cc12. The van der Waals surface area contributed by atoms with Crippen molar-refractivity contribution in [2.45, 2.75) is 26.3 Å². The fourth-order valence-corrected chi connectivity index (χ4v) is 4.29. The molecule has 4 aromatic rings. The summed E-state index contributed by atoms with van der Waals surface area (Å²) < 4.78 is 29.4. The molecule has 11 heteroatoms. The van der Waals surface area contributed by atoms with Crippen LogP contribution < -0.4 is 5.32 Å². The van der Waals surface area contributed by atoms with Crippen LogP contribution >= 0.6 is 0 Å². The number of carbonyl (C=O) groups excluding carboxylic acids is 1. The summed E-state index contributed by atoms with van der Waals surface area (Å²) in [5.41, 5.74) is 2.30. The molecule has 36 heavy (non-hydrogen) atoms. The summed E-state index contributed by atoms with van der Waals surface area (Å²) in [4.78, 5) is 27.6. The van der Waals surface area contributed by atoms with Gasteiger partial charge in [0.05, 0.1) is 6.20 Å². The number of rotatable bonds is 7. The van der Waals surface area contributed by atoms with E-state index < -0.39 is 11.6 Å². The van der Waals surface area contributed by atoms with Crippen LogP contribution in [0.4, 0.5) is 20.5 Å². The minimum absolute atomic E-state index is 0.0182. The molecule has 1 fully saturated rings. The summed E-state index contributed by atoms with van der Waals surface area (Å²) in [5.74, 6) is -0.476. The van der Waals surface area contributed by atoms with E-state index in [0.717, 1.165) is 56.6 Å². The largest absolute Gasteiger partial charge is 0.343 e. The summed E-state index contributed by atoms with van der Waals surface area (Å²) in [6.07, 6.45) is 3.70. The van der Waals surface area contributed by atoms with E-state index in [0.29, 0.717) is 16.8 Å². The molecular formula is C25H26F2N8O. The zero-order valence-corrected chi connectivity index (χ0v) is 20.0. The standard InChI is InChI=1S/C25H26F2N8O/c1-15(2)22-18-9-17(10-19(26)24(18)33-32-22)23-20(27)12-29-25(31-23)30-21-4-3-16(11-28-21)13-34-5-7-35(14-36)8-6-34/h3-4,9-12,14-15H,5-8,13H2,1-2H3,(H,32,33)(H,28,29,30,31). The van der Waals surface area contributed by atoms with Crippen LogP contribution in [0, 0.1) is 11.6 Å². The molecule has 1 saturated heterocycles. The summed E-state index contributed by atoms with van der Waals surface area (Å²) >= 11 is 0. The molecule has 0 atom stereocenters. The highest BCUT2D eigenvalue weighted by atomic mass is 19.1. The number of amides is 1. The van der Waals surface area contributed by atoms with Gasteiger partial charge in [0.25, 0.3) is 0 Å². The summed E-state index contributed by atoms with van der Waals surface area (Å²) in [5, 5.41) is 10.5. The van der Waals surface area contributed by atoms with Crippen molar-refractivity contribution in [3.63, 3.8) is 0 Å². The maximum absolute atomic E-state index is 14.7. The van der Waals surface area contributed by atoms with E-state index in [2.05, 4.69) is 35.4 Å². The van der Waals surface area contributed by atoms with Crippen molar-refractivity contribution in [3.05, 3.63) is 59.6 Å². The number of piperazine rings is 1. The van der Waals surface area contributed by atoms with E-state index in [9.17, 15) is 13.6 Å². The Balaban J connectivity index is 1.33. The zero-order chi connectivity index (χ0) is 25.2. The first kappa shape index (κ1) is 23.7. The van der Waals surface area contributed by atoms with Crippen molar-refractivity contribution in [1.29, 1.82) is 0 Å². The van der Waals surface area contributed by atoms with Crippen molar-refractivity contribution in [2.75, 3.05) is 31.5 Å². The Bertz CT molecular complexity index is 1380. The molecule has 1 aliphatic rings. The summed E-state index contributed by atoms with van der Waals surface area (Å²) in [6, 6.07) is 6.66. The number of fused-ring (bicyclic) bond motifs is 1. The number of benzene rings is 1. The number of anilines is 2.